The van der Waals surface area contributed by atoms with E-state index in [-0.39, 0.29) is 5.57 Å². The number of carbonyl (C=O) groups is 3. The number of benzene rings is 3. The third-order valence-corrected chi connectivity index (χ3v) is 6.16. The number of hydrogen-bond donors (Lipinski definition) is 1. The Morgan fingerprint density at radius 3 is 2.39 bits per heavy atom. The summed E-state index contributed by atoms with van der Waals surface area (Å²) < 4.78 is 1.98. The van der Waals surface area contributed by atoms with Crippen LogP contribution < -0.4 is 10.2 Å². The van der Waals surface area contributed by atoms with E-state index in [4.69, 9.17) is 0 Å². The van der Waals surface area contributed by atoms with Gasteiger partial charge in [-0.15, -0.1) is 0 Å². The Hall–Kier alpha value is -4.96. The molecule has 0 aliphatic carbocycles. The Bertz CT molecular complexity index is 1620. The maximum atomic E-state index is 13.4. The number of hydrogen-bond acceptors (Lipinski definition) is 4. The number of carbonyl (C=O) groups excluding carboxylic acids is 3. The van der Waals surface area contributed by atoms with Gasteiger partial charge < -0.3 is 4.57 Å². The van der Waals surface area contributed by atoms with Crippen molar-refractivity contribution in [2.75, 3.05) is 4.90 Å². The molecule has 36 heavy (non-hydrogen) atoms. The van der Waals surface area contributed by atoms with Crippen molar-refractivity contribution < 1.29 is 14.4 Å². The minimum Gasteiger partial charge on any atom is -0.342 e. The number of nitrogens with one attached hydrogen (secondary N) is 1. The molecule has 176 valence electrons. The predicted molar refractivity (Wildman–Crippen MR) is 137 cm³/mol. The van der Waals surface area contributed by atoms with Crippen LogP contribution in [-0.2, 0) is 16.1 Å². The van der Waals surface area contributed by atoms with Crippen molar-refractivity contribution >= 4 is 40.5 Å². The van der Waals surface area contributed by atoms with Crippen LogP contribution in [0.4, 0.5) is 10.5 Å². The number of imide groups is 2. The van der Waals surface area contributed by atoms with Gasteiger partial charge in [-0.25, -0.2) is 9.69 Å². The second kappa shape index (κ2) is 9.01. The number of urea groups is 1. The lowest BCUT2D eigenvalue weighted by atomic mass is 10.0. The summed E-state index contributed by atoms with van der Waals surface area (Å²) in [7, 11) is 0. The second-order valence-electron chi connectivity index (χ2n) is 8.80. The molecule has 1 N–H and O–H groups in total. The highest BCUT2D eigenvalue weighted by atomic mass is 16.2. The van der Waals surface area contributed by atoms with E-state index in [0.717, 1.165) is 32.5 Å². The van der Waals surface area contributed by atoms with Gasteiger partial charge in [-0.1, -0.05) is 42.5 Å². The summed E-state index contributed by atoms with van der Waals surface area (Å²) >= 11 is 0. The fraction of sp³-hybridized carbons (Fsp3) is 0.103. The zero-order valence-electron chi connectivity index (χ0n) is 19.8. The highest BCUT2D eigenvalue weighted by molar-refractivity contribution is 6.39. The Morgan fingerprint density at radius 1 is 0.944 bits per heavy atom. The molecule has 0 bridgehead atoms. The molecular formula is C29H22N4O3. The van der Waals surface area contributed by atoms with E-state index in [1.165, 1.54) is 6.08 Å². The first kappa shape index (κ1) is 22.8. The molecular weight excluding hydrogens is 452 g/mol. The Labute approximate surface area is 207 Å². The Morgan fingerprint density at radius 2 is 1.64 bits per heavy atom. The maximum Gasteiger partial charge on any atom is 0.335 e. The number of para-hydroxylation sites is 1. The second-order valence-corrected chi connectivity index (χ2v) is 8.80. The zero-order chi connectivity index (χ0) is 25.4. The minimum atomic E-state index is -0.775. The van der Waals surface area contributed by atoms with Gasteiger partial charge in [-0.3, -0.25) is 14.9 Å². The lowest BCUT2D eigenvalue weighted by Crippen LogP contribution is -2.54. The fourth-order valence-corrected chi connectivity index (χ4v) is 4.60. The summed E-state index contributed by atoms with van der Waals surface area (Å²) in [6.07, 6.45) is 3.37. The minimum absolute atomic E-state index is 0.130. The summed E-state index contributed by atoms with van der Waals surface area (Å²) in [6.45, 7) is 4.20. The highest BCUT2D eigenvalue weighted by Crippen LogP contribution is 2.28. The Kier molecular flexibility index (Phi) is 5.71. The summed E-state index contributed by atoms with van der Waals surface area (Å²) in [5.41, 5.74) is 5.06. The molecule has 7 heteroatoms. The van der Waals surface area contributed by atoms with Gasteiger partial charge >= 0.3 is 6.03 Å². The van der Waals surface area contributed by atoms with Gasteiger partial charge in [-0.2, -0.15) is 5.26 Å². The Balaban J connectivity index is 1.59. The van der Waals surface area contributed by atoms with Crippen molar-refractivity contribution in [3.8, 4) is 6.07 Å². The van der Waals surface area contributed by atoms with Crippen LogP contribution in [0.3, 0.4) is 0 Å². The van der Waals surface area contributed by atoms with Crippen molar-refractivity contribution in [3.05, 3.63) is 106 Å². The zero-order valence-corrected chi connectivity index (χ0v) is 19.8. The molecule has 0 atom stereocenters. The average molecular weight is 475 g/mol. The smallest absolute Gasteiger partial charge is 0.335 e. The summed E-state index contributed by atoms with van der Waals surface area (Å²) in [4.78, 5) is 39.8. The number of anilines is 1. The van der Waals surface area contributed by atoms with E-state index in [0.29, 0.717) is 23.4 Å². The first-order valence-electron chi connectivity index (χ1n) is 11.4. The molecule has 0 radical (unpaired) electrons. The first-order chi connectivity index (χ1) is 17.4. The normalized spacial score (nSPS) is 14.9. The fourth-order valence-electron chi connectivity index (χ4n) is 4.60. The van der Waals surface area contributed by atoms with Crippen molar-refractivity contribution in [1.29, 1.82) is 5.26 Å². The molecule has 1 aliphatic rings. The van der Waals surface area contributed by atoms with Crippen LogP contribution in [0.1, 0.15) is 27.8 Å². The molecule has 7 nitrogen and oxygen atoms in total. The number of aryl methyl sites for hydroxylation is 2. The maximum absolute atomic E-state index is 13.4. The molecule has 4 aromatic rings. The highest BCUT2D eigenvalue weighted by Gasteiger charge is 2.37. The molecule has 0 spiro atoms. The number of fused-ring (bicyclic) bond motifs is 1. The number of aromatic nitrogens is 1. The van der Waals surface area contributed by atoms with E-state index in [1.54, 1.807) is 18.2 Å². The largest absolute Gasteiger partial charge is 0.342 e. The van der Waals surface area contributed by atoms with Gasteiger partial charge in [0.2, 0.25) is 0 Å². The molecule has 2 heterocycles. The molecule has 1 aliphatic heterocycles. The van der Waals surface area contributed by atoms with E-state index in [1.807, 2.05) is 73.1 Å². The standard InChI is InChI=1S/C29H22N4O3/c1-18-11-19(2)13-23(12-18)33-28(35)25(27(34)31-29(33)36)14-22-17-32(26-10-6-5-9-24(22)26)16-21-8-4-3-7-20(21)15-30/h3-14,17H,16H2,1-2H3,(H,31,34,36)/b25-14+. The molecule has 5 rings (SSSR count). The lowest BCUT2D eigenvalue weighted by Gasteiger charge is -2.26. The summed E-state index contributed by atoms with van der Waals surface area (Å²) in [5.74, 6) is -1.42. The molecule has 0 saturated carbocycles. The number of rotatable bonds is 4. The van der Waals surface area contributed by atoms with Gasteiger partial charge in [-0.05, 0) is 60.9 Å². The third-order valence-electron chi connectivity index (χ3n) is 6.16. The van der Waals surface area contributed by atoms with Crippen molar-refractivity contribution in [2.24, 2.45) is 0 Å². The van der Waals surface area contributed by atoms with E-state index in [2.05, 4.69) is 11.4 Å². The van der Waals surface area contributed by atoms with Crippen LogP contribution in [0.15, 0.2) is 78.5 Å². The average Bonchev–Trinajstić information content (AvgIpc) is 3.18. The van der Waals surface area contributed by atoms with Gasteiger partial charge in [0.25, 0.3) is 11.8 Å². The van der Waals surface area contributed by atoms with Crippen LogP contribution in [0, 0.1) is 25.2 Å². The van der Waals surface area contributed by atoms with Gasteiger partial charge in [0, 0.05) is 29.2 Å². The van der Waals surface area contributed by atoms with Crippen molar-refractivity contribution in [2.45, 2.75) is 20.4 Å². The number of nitrogens with zero attached hydrogens (tertiary/aromatic N) is 3. The SMILES string of the molecule is Cc1cc(C)cc(N2C(=O)NC(=O)/C(=C\c3cn(Cc4ccccc4C#N)c4ccccc34)C2=O)c1. The van der Waals surface area contributed by atoms with Crippen LogP contribution in [0.5, 0.6) is 0 Å². The van der Waals surface area contributed by atoms with Crippen LogP contribution in [0.2, 0.25) is 0 Å². The van der Waals surface area contributed by atoms with E-state index < -0.39 is 17.8 Å². The molecule has 3 aromatic carbocycles. The van der Waals surface area contributed by atoms with E-state index >= 15 is 0 Å². The van der Waals surface area contributed by atoms with Crippen molar-refractivity contribution in [1.82, 2.24) is 9.88 Å². The van der Waals surface area contributed by atoms with Crippen LogP contribution >= 0.6 is 0 Å². The number of barbiturate groups is 1. The van der Waals surface area contributed by atoms with Gasteiger partial charge in [0.15, 0.2) is 0 Å². The van der Waals surface area contributed by atoms with Crippen LogP contribution in [-0.4, -0.2) is 22.4 Å². The summed E-state index contributed by atoms with van der Waals surface area (Å²) in [5, 5.41) is 12.6. The molecule has 4 amide bonds. The topological polar surface area (TPSA) is 95.2 Å². The van der Waals surface area contributed by atoms with E-state index in [9.17, 15) is 19.6 Å². The third kappa shape index (κ3) is 4.05. The van der Waals surface area contributed by atoms with Crippen molar-refractivity contribution in [3.63, 3.8) is 0 Å². The molecule has 1 aromatic heterocycles. The first-order valence-corrected chi connectivity index (χ1v) is 11.4. The lowest BCUT2D eigenvalue weighted by molar-refractivity contribution is -0.122. The number of amides is 4. The summed E-state index contributed by atoms with van der Waals surface area (Å²) in [6, 6.07) is 21.9. The molecule has 0 unspecified atom stereocenters. The number of nitriles is 1. The molecule has 1 saturated heterocycles. The molecule has 1 fully saturated rings. The van der Waals surface area contributed by atoms with Crippen LogP contribution in [0.25, 0.3) is 17.0 Å². The quantitative estimate of drug-likeness (QED) is 0.338. The van der Waals surface area contributed by atoms with Gasteiger partial charge in [0.1, 0.15) is 5.57 Å². The predicted octanol–water partition coefficient (Wildman–Crippen LogP) is 4.84. The monoisotopic (exact) mass is 474 g/mol. The van der Waals surface area contributed by atoms with Gasteiger partial charge in [0.05, 0.1) is 17.3 Å².